The van der Waals surface area contributed by atoms with Crippen molar-refractivity contribution in [3.63, 3.8) is 0 Å². The standard InChI is InChI=1S/C11H13N5O2/c17-8(18)6-11(2-1-3-11)14-9-10-15-13-7-16(10)5-4-12-9/h4-5,7H,1-3,6H2,(H,12,14)(H,17,18). The summed E-state index contributed by atoms with van der Waals surface area (Å²) in [6.07, 6.45) is 7.82. The summed E-state index contributed by atoms with van der Waals surface area (Å²) in [6, 6.07) is 0. The summed E-state index contributed by atoms with van der Waals surface area (Å²) in [4.78, 5) is 15.1. The zero-order chi connectivity index (χ0) is 12.6. The zero-order valence-electron chi connectivity index (χ0n) is 9.70. The van der Waals surface area contributed by atoms with Gasteiger partial charge >= 0.3 is 5.97 Å². The second-order valence-corrected chi connectivity index (χ2v) is 4.67. The number of carboxylic acid groups (broad SMARTS) is 1. The molecule has 2 N–H and O–H groups in total. The lowest BCUT2D eigenvalue weighted by molar-refractivity contribution is -0.138. The van der Waals surface area contributed by atoms with Crippen molar-refractivity contribution in [1.29, 1.82) is 0 Å². The Morgan fingerprint density at radius 3 is 3.06 bits per heavy atom. The van der Waals surface area contributed by atoms with Crippen molar-refractivity contribution in [3.8, 4) is 0 Å². The Bertz CT molecular complexity index is 590. The summed E-state index contributed by atoms with van der Waals surface area (Å²) in [6.45, 7) is 0. The van der Waals surface area contributed by atoms with Crippen molar-refractivity contribution in [1.82, 2.24) is 19.6 Å². The highest BCUT2D eigenvalue weighted by Crippen LogP contribution is 2.38. The van der Waals surface area contributed by atoms with Crippen molar-refractivity contribution < 1.29 is 9.90 Å². The van der Waals surface area contributed by atoms with Crippen molar-refractivity contribution in [2.75, 3.05) is 5.32 Å². The van der Waals surface area contributed by atoms with Crippen LogP contribution in [0, 0.1) is 0 Å². The molecule has 0 spiro atoms. The molecule has 0 saturated heterocycles. The molecular weight excluding hydrogens is 234 g/mol. The smallest absolute Gasteiger partial charge is 0.305 e. The Hall–Kier alpha value is -2.18. The highest BCUT2D eigenvalue weighted by Gasteiger charge is 2.39. The molecule has 3 rings (SSSR count). The van der Waals surface area contributed by atoms with Crippen LogP contribution in [0.3, 0.4) is 0 Å². The minimum atomic E-state index is -0.796. The van der Waals surface area contributed by atoms with E-state index in [1.54, 1.807) is 23.1 Å². The molecule has 1 aliphatic rings. The number of aliphatic carboxylic acids is 1. The summed E-state index contributed by atoms with van der Waals surface area (Å²) >= 11 is 0. The first-order valence-electron chi connectivity index (χ1n) is 5.83. The van der Waals surface area contributed by atoms with Gasteiger partial charge in [0.2, 0.25) is 5.65 Å². The molecule has 18 heavy (non-hydrogen) atoms. The number of anilines is 1. The molecule has 2 heterocycles. The fraction of sp³-hybridized carbons (Fsp3) is 0.455. The largest absolute Gasteiger partial charge is 0.481 e. The highest BCUT2D eigenvalue weighted by atomic mass is 16.4. The van der Waals surface area contributed by atoms with Gasteiger partial charge in [-0.3, -0.25) is 9.20 Å². The second-order valence-electron chi connectivity index (χ2n) is 4.67. The maximum absolute atomic E-state index is 10.9. The topological polar surface area (TPSA) is 92.4 Å². The van der Waals surface area contributed by atoms with Gasteiger partial charge in [0.05, 0.1) is 6.42 Å². The van der Waals surface area contributed by atoms with E-state index in [0.717, 1.165) is 19.3 Å². The van der Waals surface area contributed by atoms with E-state index >= 15 is 0 Å². The Balaban J connectivity index is 1.91. The average molecular weight is 247 g/mol. The van der Waals surface area contributed by atoms with E-state index in [1.807, 2.05) is 0 Å². The molecule has 0 atom stereocenters. The molecule has 0 aromatic carbocycles. The van der Waals surface area contributed by atoms with E-state index in [2.05, 4.69) is 20.5 Å². The molecule has 0 radical (unpaired) electrons. The normalized spacial score (nSPS) is 17.3. The average Bonchev–Trinajstić information content (AvgIpc) is 2.74. The minimum absolute atomic E-state index is 0.101. The third-order valence-corrected chi connectivity index (χ3v) is 3.40. The summed E-state index contributed by atoms with van der Waals surface area (Å²) in [5.41, 5.74) is 0.237. The lowest BCUT2D eigenvalue weighted by Gasteiger charge is -2.41. The summed E-state index contributed by atoms with van der Waals surface area (Å²) < 4.78 is 1.75. The number of carbonyl (C=O) groups is 1. The summed E-state index contributed by atoms with van der Waals surface area (Å²) in [7, 11) is 0. The van der Waals surface area contributed by atoms with E-state index in [-0.39, 0.29) is 12.0 Å². The lowest BCUT2D eigenvalue weighted by atomic mass is 9.74. The van der Waals surface area contributed by atoms with Crippen LogP contribution in [0.2, 0.25) is 0 Å². The van der Waals surface area contributed by atoms with Crippen LogP contribution in [-0.4, -0.2) is 36.2 Å². The number of nitrogens with one attached hydrogen (secondary N) is 1. The molecule has 0 unspecified atom stereocenters. The quantitative estimate of drug-likeness (QED) is 0.835. The molecule has 94 valence electrons. The first kappa shape index (κ1) is 10.9. The van der Waals surface area contributed by atoms with Crippen LogP contribution in [0.5, 0.6) is 0 Å². The number of nitrogens with zero attached hydrogens (tertiary/aromatic N) is 4. The summed E-state index contributed by atoms with van der Waals surface area (Å²) in [5, 5.41) is 20.0. The molecule has 2 aromatic heterocycles. The molecule has 0 aliphatic heterocycles. The highest BCUT2D eigenvalue weighted by molar-refractivity contribution is 5.71. The molecular formula is C11H13N5O2. The number of hydrogen-bond donors (Lipinski definition) is 2. The van der Waals surface area contributed by atoms with Gasteiger partial charge in [0.15, 0.2) is 5.82 Å². The van der Waals surface area contributed by atoms with Crippen molar-refractivity contribution in [2.45, 2.75) is 31.2 Å². The zero-order valence-corrected chi connectivity index (χ0v) is 9.70. The minimum Gasteiger partial charge on any atom is -0.481 e. The molecule has 7 nitrogen and oxygen atoms in total. The first-order chi connectivity index (χ1) is 8.69. The van der Waals surface area contributed by atoms with E-state index in [1.165, 1.54) is 0 Å². The Morgan fingerprint density at radius 1 is 1.56 bits per heavy atom. The van der Waals surface area contributed by atoms with Gasteiger partial charge < -0.3 is 10.4 Å². The summed E-state index contributed by atoms with van der Waals surface area (Å²) in [5.74, 6) is -0.202. The molecule has 1 fully saturated rings. The Labute approximate surface area is 103 Å². The van der Waals surface area contributed by atoms with Crippen LogP contribution in [0.1, 0.15) is 25.7 Å². The van der Waals surface area contributed by atoms with E-state index in [4.69, 9.17) is 5.11 Å². The maximum atomic E-state index is 10.9. The number of hydrogen-bond acceptors (Lipinski definition) is 5. The van der Waals surface area contributed by atoms with Gasteiger partial charge in [0.1, 0.15) is 6.33 Å². The van der Waals surface area contributed by atoms with Crippen LogP contribution < -0.4 is 5.32 Å². The molecule has 7 heteroatoms. The Morgan fingerprint density at radius 2 is 2.39 bits per heavy atom. The molecule has 1 aliphatic carbocycles. The molecule has 0 bridgehead atoms. The van der Waals surface area contributed by atoms with Gasteiger partial charge in [-0.2, -0.15) is 0 Å². The van der Waals surface area contributed by atoms with Crippen LogP contribution in [0.25, 0.3) is 5.65 Å². The predicted octanol–water partition coefficient (Wildman–Crippen LogP) is 0.934. The van der Waals surface area contributed by atoms with Gasteiger partial charge in [-0.25, -0.2) is 4.98 Å². The number of aromatic nitrogens is 4. The molecule has 2 aromatic rings. The van der Waals surface area contributed by atoms with Gasteiger partial charge in [-0.1, -0.05) is 0 Å². The predicted molar refractivity (Wildman–Crippen MR) is 63.2 cm³/mol. The fourth-order valence-corrected chi connectivity index (χ4v) is 2.34. The van der Waals surface area contributed by atoms with Gasteiger partial charge in [-0.05, 0) is 19.3 Å². The lowest BCUT2D eigenvalue weighted by Crippen LogP contribution is -2.47. The van der Waals surface area contributed by atoms with Crippen molar-refractivity contribution in [3.05, 3.63) is 18.7 Å². The number of fused-ring (bicyclic) bond motifs is 1. The van der Waals surface area contributed by atoms with Gasteiger partial charge in [0.25, 0.3) is 0 Å². The monoisotopic (exact) mass is 247 g/mol. The SMILES string of the molecule is O=C(O)CC1(Nc2nccn3cnnc23)CCC1. The maximum Gasteiger partial charge on any atom is 0.305 e. The van der Waals surface area contributed by atoms with E-state index in [9.17, 15) is 4.79 Å². The van der Waals surface area contributed by atoms with E-state index < -0.39 is 5.97 Å². The van der Waals surface area contributed by atoms with Crippen LogP contribution in [0.4, 0.5) is 5.82 Å². The van der Waals surface area contributed by atoms with Crippen LogP contribution in [-0.2, 0) is 4.79 Å². The molecule has 0 amide bonds. The number of carboxylic acids is 1. The van der Waals surface area contributed by atoms with Gasteiger partial charge in [-0.15, -0.1) is 10.2 Å². The fourth-order valence-electron chi connectivity index (χ4n) is 2.34. The first-order valence-corrected chi connectivity index (χ1v) is 5.83. The van der Waals surface area contributed by atoms with Gasteiger partial charge in [0, 0.05) is 17.9 Å². The third kappa shape index (κ3) is 1.77. The second kappa shape index (κ2) is 3.94. The number of rotatable bonds is 4. The van der Waals surface area contributed by atoms with Crippen LogP contribution in [0.15, 0.2) is 18.7 Å². The Kier molecular flexibility index (Phi) is 2.39. The van der Waals surface area contributed by atoms with Crippen molar-refractivity contribution in [2.24, 2.45) is 0 Å². The van der Waals surface area contributed by atoms with Crippen LogP contribution >= 0.6 is 0 Å². The third-order valence-electron chi connectivity index (χ3n) is 3.40. The van der Waals surface area contributed by atoms with E-state index in [0.29, 0.717) is 11.5 Å². The molecule has 1 saturated carbocycles. The van der Waals surface area contributed by atoms with Crippen molar-refractivity contribution >= 4 is 17.4 Å².